The third-order valence-corrected chi connectivity index (χ3v) is 4.02. The molecule has 0 aromatic heterocycles. The highest BCUT2D eigenvalue weighted by atomic mass is 35.5. The first-order valence-corrected chi connectivity index (χ1v) is 7.86. The maximum atomic E-state index is 11.9. The minimum absolute atomic E-state index is 0.0527. The molecule has 0 bridgehead atoms. The van der Waals surface area contributed by atoms with Gasteiger partial charge in [-0.1, -0.05) is 29.3 Å². The number of benzene rings is 2. The van der Waals surface area contributed by atoms with Crippen LogP contribution in [0.25, 0.3) is 0 Å². The first kappa shape index (κ1) is 15.2. The van der Waals surface area contributed by atoms with Gasteiger partial charge in [0.05, 0.1) is 0 Å². The van der Waals surface area contributed by atoms with Gasteiger partial charge < -0.3 is 10.1 Å². The second-order valence-corrected chi connectivity index (χ2v) is 6.15. The smallest absolute Gasteiger partial charge is 0.262 e. The van der Waals surface area contributed by atoms with Gasteiger partial charge in [0.2, 0.25) is 0 Å². The minimum Gasteiger partial charge on any atom is -0.484 e. The Balaban J connectivity index is 1.58. The summed E-state index contributed by atoms with van der Waals surface area (Å²) in [5.41, 5.74) is 3.25. The molecule has 0 spiro atoms. The van der Waals surface area contributed by atoms with E-state index in [1.54, 1.807) is 18.2 Å². The lowest BCUT2D eigenvalue weighted by Crippen LogP contribution is -2.20. The van der Waals surface area contributed by atoms with Crippen LogP contribution in [-0.4, -0.2) is 12.5 Å². The van der Waals surface area contributed by atoms with Gasteiger partial charge in [0.25, 0.3) is 5.91 Å². The van der Waals surface area contributed by atoms with E-state index in [-0.39, 0.29) is 12.5 Å². The predicted octanol–water partition coefficient (Wildman–Crippen LogP) is 4.50. The Hall–Kier alpha value is -1.71. The highest BCUT2D eigenvalue weighted by Crippen LogP contribution is 2.26. The van der Waals surface area contributed by atoms with Gasteiger partial charge in [0.15, 0.2) is 6.61 Å². The Kier molecular flexibility index (Phi) is 4.55. The molecule has 0 saturated heterocycles. The number of amides is 1. The van der Waals surface area contributed by atoms with Crippen LogP contribution in [0.4, 0.5) is 5.69 Å². The zero-order valence-electron chi connectivity index (χ0n) is 11.9. The van der Waals surface area contributed by atoms with Gasteiger partial charge in [-0.3, -0.25) is 4.79 Å². The molecule has 22 heavy (non-hydrogen) atoms. The number of halogens is 2. The second kappa shape index (κ2) is 6.59. The monoisotopic (exact) mass is 335 g/mol. The molecule has 2 aromatic rings. The van der Waals surface area contributed by atoms with Crippen LogP contribution in [0, 0.1) is 0 Å². The van der Waals surface area contributed by atoms with Crippen molar-refractivity contribution in [2.45, 2.75) is 19.3 Å². The lowest BCUT2D eigenvalue weighted by Gasteiger charge is -2.09. The molecule has 5 heteroatoms. The number of carbonyl (C=O) groups is 1. The molecule has 3 rings (SSSR count). The first-order chi connectivity index (χ1) is 10.6. The summed E-state index contributed by atoms with van der Waals surface area (Å²) in [6.07, 6.45) is 3.40. The summed E-state index contributed by atoms with van der Waals surface area (Å²) in [7, 11) is 0. The van der Waals surface area contributed by atoms with Crippen molar-refractivity contribution in [1.29, 1.82) is 0 Å². The molecule has 114 valence electrons. The summed E-state index contributed by atoms with van der Waals surface area (Å²) in [6.45, 7) is -0.0527. The van der Waals surface area contributed by atoms with Crippen LogP contribution in [0.5, 0.6) is 5.75 Å². The fourth-order valence-corrected chi connectivity index (χ4v) is 3.14. The predicted molar refractivity (Wildman–Crippen MR) is 89.1 cm³/mol. The van der Waals surface area contributed by atoms with Gasteiger partial charge in [0.1, 0.15) is 5.75 Å². The standard InChI is InChI=1S/C17H15Cl2NO2/c18-13-7-14(19)9-15(8-13)20-17(21)10-22-16-5-4-11-2-1-3-12(11)6-16/h4-9H,1-3,10H2,(H,20,21). The molecule has 0 aliphatic heterocycles. The molecule has 1 N–H and O–H groups in total. The first-order valence-electron chi connectivity index (χ1n) is 7.11. The quantitative estimate of drug-likeness (QED) is 0.893. The average molecular weight is 336 g/mol. The highest BCUT2D eigenvalue weighted by Gasteiger charge is 2.12. The number of aryl methyl sites for hydroxylation is 2. The summed E-state index contributed by atoms with van der Waals surface area (Å²) in [5.74, 6) is 0.471. The molecule has 0 radical (unpaired) electrons. The van der Waals surface area contributed by atoms with E-state index in [9.17, 15) is 4.79 Å². The van der Waals surface area contributed by atoms with Gasteiger partial charge >= 0.3 is 0 Å². The number of anilines is 1. The van der Waals surface area contributed by atoms with Crippen LogP contribution in [0.3, 0.4) is 0 Å². The molecule has 1 aliphatic carbocycles. The fourth-order valence-electron chi connectivity index (χ4n) is 2.61. The van der Waals surface area contributed by atoms with Crippen molar-refractivity contribution in [1.82, 2.24) is 0 Å². The molecular weight excluding hydrogens is 321 g/mol. The molecule has 0 atom stereocenters. The molecule has 1 amide bonds. The van der Waals surface area contributed by atoms with Crippen molar-refractivity contribution in [2.24, 2.45) is 0 Å². The summed E-state index contributed by atoms with van der Waals surface area (Å²) in [6, 6.07) is 10.9. The second-order valence-electron chi connectivity index (χ2n) is 5.28. The number of hydrogen-bond donors (Lipinski definition) is 1. The van der Waals surface area contributed by atoms with Crippen LogP contribution >= 0.6 is 23.2 Å². The van der Waals surface area contributed by atoms with E-state index in [1.807, 2.05) is 12.1 Å². The van der Waals surface area contributed by atoms with E-state index in [1.165, 1.54) is 17.5 Å². The van der Waals surface area contributed by atoms with Crippen LogP contribution in [0.2, 0.25) is 10.0 Å². The van der Waals surface area contributed by atoms with Crippen molar-refractivity contribution in [2.75, 3.05) is 11.9 Å². The van der Waals surface area contributed by atoms with E-state index in [0.717, 1.165) is 18.6 Å². The highest BCUT2D eigenvalue weighted by molar-refractivity contribution is 6.35. The van der Waals surface area contributed by atoms with Gasteiger partial charge in [-0.25, -0.2) is 0 Å². The number of nitrogens with one attached hydrogen (secondary N) is 1. The Bertz CT molecular complexity index is 696. The number of rotatable bonds is 4. The topological polar surface area (TPSA) is 38.3 Å². The fraction of sp³-hybridized carbons (Fsp3) is 0.235. The summed E-state index contributed by atoms with van der Waals surface area (Å²) >= 11 is 11.8. The molecule has 3 nitrogen and oxygen atoms in total. The molecule has 1 aliphatic rings. The molecule has 0 saturated carbocycles. The Morgan fingerprint density at radius 1 is 1.05 bits per heavy atom. The van der Waals surface area contributed by atoms with E-state index in [0.29, 0.717) is 15.7 Å². The van der Waals surface area contributed by atoms with E-state index >= 15 is 0 Å². The van der Waals surface area contributed by atoms with E-state index in [4.69, 9.17) is 27.9 Å². The Labute approximate surface area is 139 Å². The number of carbonyl (C=O) groups excluding carboxylic acids is 1. The third kappa shape index (κ3) is 3.73. The van der Waals surface area contributed by atoms with Gasteiger partial charge in [-0.15, -0.1) is 0 Å². The zero-order valence-corrected chi connectivity index (χ0v) is 13.4. The van der Waals surface area contributed by atoms with E-state index in [2.05, 4.69) is 11.4 Å². The van der Waals surface area contributed by atoms with E-state index < -0.39 is 0 Å². The SMILES string of the molecule is O=C(COc1ccc2c(c1)CCC2)Nc1cc(Cl)cc(Cl)c1. The number of ether oxygens (including phenoxy) is 1. The van der Waals surface area contributed by atoms with Crippen LogP contribution < -0.4 is 10.1 Å². The average Bonchev–Trinajstić information content (AvgIpc) is 2.91. The molecule has 0 heterocycles. The van der Waals surface area contributed by atoms with Gasteiger partial charge in [0, 0.05) is 15.7 Å². The molecule has 0 fully saturated rings. The van der Waals surface area contributed by atoms with Crippen molar-refractivity contribution >= 4 is 34.8 Å². The van der Waals surface area contributed by atoms with Crippen LogP contribution in [0.15, 0.2) is 36.4 Å². The van der Waals surface area contributed by atoms with Crippen molar-refractivity contribution in [3.63, 3.8) is 0 Å². The third-order valence-electron chi connectivity index (χ3n) is 3.59. The van der Waals surface area contributed by atoms with Crippen molar-refractivity contribution in [3.8, 4) is 5.75 Å². The normalized spacial score (nSPS) is 12.8. The summed E-state index contributed by atoms with van der Waals surface area (Å²) in [4.78, 5) is 11.9. The maximum Gasteiger partial charge on any atom is 0.262 e. The number of fused-ring (bicyclic) bond motifs is 1. The number of hydrogen-bond acceptors (Lipinski definition) is 2. The summed E-state index contributed by atoms with van der Waals surface area (Å²) < 4.78 is 5.55. The van der Waals surface area contributed by atoms with Gasteiger partial charge in [-0.05, 0) is 60.7 Å². The maximum absolute atomic E-state index is 11.9. The minimum atomic E-state index is -0.251. The Morgan fingerprint density at radius 3 is 2.55 bits per heavy atom. The summed E-state index contributed by atoms with van der Waals surface area (Å²) in [5, 5.41) is 3.66. The zero-order chi connectivity index (χ0) is 15.5. The van der Waals surface area contributed by atoms with Crippen LogP contribution in [-0.2, 0) is 17.6 Å². The molecule has 2 aromatic carbocycles. The lowest BCUT2D eigenvalue weighted by molar-refractivity contribution is -0.118. The van der Waals surface area contributed by atoms with Crippen molar-refractivity contribution in [3.05, 3.63) is 57.6 Å². The van der Waals surface area contributed by atoms with Crippen molar-refractivity contribution < 1.29 is 9.53 Å². The lowest BCUT2D eigenvalue weighted by atomic mass is 10.1. The van der Waals surface area contributed by atoms with Gasteiger partial charge in [-0.2, -0.15) is 0 Å². The molecule has 0 unspecified atom stereocenters. The van der Waals surface area contributed by atoms with Crippen LogP contribution in [0.1, 0.15) is 17.5 Å². The molecular formula is C17H15Cl2NO2. The Morgan fingerprint density at radius 2 is 1.77 bits per heavy atom. The largest absolute Gasteiger partial charge is 0.484 e.